The monoisotopic (exact) mass is 327 g/mol. The SMILES string of the molecule is C[S@](=O)c1ccc(NC(=O)Cc2cc(F)ccc2F)cc1F. The van der Waals surface area contributed by atoms with Crippen LogP contribution in [-0.2, 0) is 22.0 Å². The summed E-state index contributed by atoms with van der Waals surface area (Å²) in [6.07, 6.45) is 0.954. The molecule has 0 aliphatic rings. The lowest BCUT2D eigenvalue weighted by molar-refractivity contribution is -0.115. The molecule has 0 aliphatic heterocycles. The molecule has 0 bridgehead atoms. The van der Waals surface area contributed by atoms with Crippen molar-refractivity contribution in [2.45, 2.75) is 11.3 Å². The van der Waals surface area contributed by atoms with Crippen LogP contribution >= 0.6 is 0 Å². The predicted molar refractivity (Wildman–Crippen MR) is 77.4 cm³/mol. The van der Waals surface area contributed by atoms with E-state index >= 15 is 0 Å². The van der Waals surface area contributed by atoms with Crippen molar-refractivity contribution in [1.29, 1.82) is 0 Å². The largest absolute Gasteiger partial charge is 0.326 e. The lowest BCUT2D eigenvalue weighted by Gasteiger charge is -2.08. The average Bonchev–Trinajstić information content (AvgIpc) is 2.42. The Kier molecular flexibility index (Phi) is 4.97. The lowest BCUT2D eigenvalue weighted by atomic mass is 10.1. The third kappa shape index (κ3) is 3.94. The highest BCUT2D eigenvalue weighted by Crippen LogP contribution is 2.18. The number of hydrogen-bond donors (Lipinski definition) is 1. The van der Waals surface area contributed by atoms with Gasteiger partial charge in [0.05, 0.1) is 22.1 Å². The Morgan fingerprint density at radius 2 is 1.82 bits per heavy atom. The molecular weight excluding hydrogens is 315 g/mol. The quantitative estimate of drug-likeness (QED) is 0.938. The summed E-state index contributed by atoms with van der Waals surface area (Å²) in [5.74, 6) is -2.67. The third-order valence-corrected chi connectivity index (χ3v) is 3.83. The second-order valence-corrected chi connectivity index (χ2v) is 5.91. The molecule has 7 heteroatoms. The smallest absolute Gasteiger partial charge is 0.228 e. The summed E-state index contributed by atoms with van der Waals surface area (Å²) in [5.41, 5.74) is 0.0535. The van der Waals surface area contributed by atoms with Crippen molar-refractivity contribution in [1.82, 2.24) is 0 Å². The summed E-state index contributed by atoms with van der Waals surface area (Å²) in [6.45, 7) is 0. The average molecular weight is 327 g/mol. The Labute approximate surface area is 127 Å². The first-order valence-electron chi connectivity index (χ1n) is 6.23. The first kappa shape index (κ1) is 16.2. The Balaban J connectivity index is 2.11. The van der Waals surface area contributed by atoms with Gasteiger partial charge < -0.3 is 5.32 Å². The van der Waals surface area contributed by atoms with Gasteiger partial charge in [-0.05, 0) is 36.4 Å². The van der Waals surface area contributed by atoms with Crippen LogP contribution in [0.2, 0.25) is 0 Å². The van der Waals surface area contributed by atoms with E-state index in [2.05, 4.69) is 5.32 Å². The highest BCUT2D eigenvalue weighted by Gasteiger charge is 2.12. The molecule has 0 aromatic heterocycles. The fraction of sp³-hybridized carbons (Fsp3) is 0.133. The molecule has 2 aromatic rings. The van der Waals surface area contributed by atoms with Gasteiger partial charge in [-0.1, -0.05) is 0 Å². The molecule has 0 unspecified atom stereocenters. The molecule has 0 heterocycles. The van der Waals surface area contributed by atoms with Gasteiger partial charge >= 0.3 is 0 Å². The van der Waals surface area contributed by atoms with E-state index in [1.54, 1.807) is 0 Å². The minimum atomic E-state index is -1.48. The van der Waals surface area contributed by atoms with Crippen molar-refractivity contribution in [2.75, 3.05) is 11.6 Å². The van der Waals surface area contributed by atoms with E-state index in [1.165, 1.54) is 18.4 Å². The Bertz CT molecular complexity index is 750. The van der Waals surface area contributed by atoms with E-state index < -0.39 is 34.2 Å². The molecular formula is C15H12F3NO2S. The Hall–Kier alpha value is -2.15. The standard InChI is InChI=1S/C15H12F3NO2S/c1-22(21)14-5-3-11(8-13(14)18)19-15(20)7-9-6-10(16)2-4-12(9)17/h2-6,8H,7H2,1H3,(H,19,20)/t22-/m0/s1. The van der Waals surface area contributed by atoms with Crippen LogP contribution in [0.25, 0.3) is 0 Å². The normalized spacial score (nSPS) is 12.0. The van der Waals surface area contributed by atoms with Crippen LogP contribution in [0.3, 0.4) is 0 Å². The van der Waals surface area contributed by atoms with Crippen molar-refractivity contribution in [3.63, 3.8) is 0 Å². The second kappa shape index (κ2) is 6.74. The zero-order valence-corrected chi connectivity index (χ0v) is 12.3. The minimum absolute atomic E-state index is 0.0224. The van der Waals surface area contributed by atoms with Crippen LogP contribution in [0.1, 0.15) is 5.56 Å². The fourth-order valence-corrected chi connectivity index (χ4v) is 2.46. The molecule has 2 aromatic carbocycles. The number of rotatable bonds is 4. The van der Waals surface area contributed by atoms with Gasteiger partial charge in [0, 0.05) is 17.5 Å². The van der Waals surface area contributed by atoms with Crippen molar-refractivity contribution < 1.29 is 22.2 Å². The molecule has 116 valence electrons. The van der Waals surface area contributed by atoms with Crippen molar-refractivity contribution in [3.8, 4) is 0 Å². The number of anilines is 1. The second-order valence-electron chi connectivity index (χ2n) is 4.56. The number of nitrogens with one attached hydrogen (secondary N) is 1. The first-order valence-corrected chi connectivity index (χ1v) is 7.79. The highest BCUT2D eigenvalue weighted by molar-refractivity contribution is 7.84. The van der Waals surface area contributed by atoms with Crippen LogP contribution in [0.5, 0.6) is 0 Å². The Morgan fingerprint density at radius 3 is 2.45 bits per heavy atom. The van der Waals surface area contributed by atoms with Gasteiger partial charge in [0.15, 0.2) is 0 Å². The topological polar surface area (TPSA) is 46.2 Å². The summed E-state index contributed by atoms with van der Waals surface area (Å²) >= 11 is 0. The van der Waals surface area contributed by atoms with E-state index in [4.69, 9.17) is 0 Å². The number of hydrogen-bond acceptors (Lipinski definition) is 2. The maximum Gasteiger partial charge on any atom is 0.228 e. The molecule has 0 radical (unpaired) electrons. The van der Waals surface area contributed by atoms with Gasteiger partial charge in [-0.15, -0.1) is 0 Å². The predicted octanol–water partition coefficient (Wildman–Crippen LogP) is 3.02. The van der Waals surface area contributed by atoms with Crippen molar-refractivity contribution in [2.24, 2.45) is 0 Å². The van der Waals surface area contributed by atoms with Crippen LogP contribution < -0.4 is 5.32 Å². The molecule has 0 aliphatic carbocycles. The summed E-state index contributed by atoms with van der Waals surface area (Å²) in [4.78, 5) is 11.8. The molecule has 22 heavy (non-hydrogen) atoms. The number of halogens is 3. The van der Waals surface area contributed by atoms with Gasteiger partial charge in [0.25, 0.3) is 0 Å². The molecule has 1 atom stereocenters. The van der Waals surface area contributed by atoms with Gasteiger partial charge in [-0.2, -0.15) is 0 Å². The summed E-state index contributed by atoms with van der Waals surface area (Å²) in [7, 11) is -1.48. The van der Waals surface area contributed by atoms with Crippen LogP contribution in [0.15, 0.2) is 41.3 Å². The number of carbonyl (C=O) groups is 1. The van der Waals surface area contributed by atoms with Gasteiger partial charge in [-0.3, -0.25) is 9.00 Å². The number of benzene rings is 2. The van der Waals surface area contributed by atoms with Crippen LogP contribution in [0.4, 0.5) is 18.9 Å². The van der Waals surface area contributed by atoms with Gasteiger partial charge in [0.2, 0.25) is 5.91 Å². The molecule has 2 rings (SSSR count). The van der Waals surface area contributed by atoms with Crippen molar-refractivity contribution >= 4 is 22.4 Å². The van der Waals surface area contributed by atoms with Gasteiger partial charge in [0.1, 0.15) is 17.5 Å². The first-order chi connectivity index (χ1) is 10.4. The summed E-state index contributed by atoms with van der Waals surface area (Å²) in [5, 5.41) is 2.38. The maximum atomic E-state index is 13.6. The number of carbonyl (C=O) groups excluding carboxylic acids is 1. The minimum Gasteiger partial charge on any atom is -0.326 e. The van der Waals surface area contributed by atoms with Crippen LogP contribution in [-0.4, -0.2) is 16.4 Å². The molecule has 0 saturated heterocycles. The van der Waals surface area contributed by atoms with Crippen molar-refractivity contribution in [3.05, 3.63) is 59.4 Å². The lowest BCUT2D eigenvalue weighted by Crippen LogP contribution is -2.15. The maximum absolute atomic E-state index is 13.6. The Morgan fingerprint density at radius 1 is 1.09 bits per heavy atom. The van der Waals surface area contributed by atoms with E-state index in [0.29, 0.717) is 0 Å². The zero-order chi connectivity index (χ0) is 16.3. The van der Waals surface area contributed by atoms with E-state index in [1.807, 2.05) is 0 Å². The van der Waals surface area contributed by atoms with E-state index in [0.717, 1.165) is 24.3 Å². The molecule has 0 saturated carbocycles. The van der Waals surface area contributed by atoms with Crippen LogP contribution in [0, 0.1) is 17.5 Å². The molecule has 3 nitrogen and oxygen atoms in total. The van der Waals surface area contributed by atoms with E-state index in [9.17, 15) is 22.2 Å². The molecule has 1 N–H and O–H groups in total. The fourth-order valence-electron chi connectivity index (χ4n) is 1.87. The molecule has 0 spiro atoms. The highest BCUT2D eigenvalue weighted by atomic mass is 32.2. The van der Waals surface area contributed by atoms with E-state index in [-0.39, 0.29) is 22.6 Å². The molecule has 1 amide bonds. The third-order valence-electron chi connectivity index (χ3n) is 2.88. The zero-order valence-electron chi connectivity index (χ0n) is 11.5. The number of amides is 1. The molecule has 0 fully saturated rings. The summed E-state index contributed by atoms with van der Waals surface area (Å²) < 4.78 is 51.3. The van der Waals surface area contributed by atoms with Gasteiger partial charge in [-0.25, -0.2) is 13.2 Å². The summed E-state index contributed by atoms with van der Waals surface area (Å²) in [6, 6.07) is 6.53.